The summed E-state index contributed by atoms with van der Waals surface area (Å²) in [6.07, 6.45) is 1.37. The predicted molar refractivity (Wildman–Crippen MR) is 116 cm³/mol. The Morgan fingerprint density at radius 2 is 1.84 bits per heavy atom. The molecule has 1 fully saturated rings. The maximum atomic E-state index is 13.5. The second-order valence-electron chi connectivity index (χ2n) is 7.77. The van der Waals surface area contributed by atoms with E-state index in [1.807, 2.05) is 0 Å². The van der Waals surface area contributed by atoms with E-state index >= 15 is 0 Å². The number of imidazole rings is 1. The molecule has 1 aromatic carbocycles. The first kappa shape index (κ1) is 21.3. The van der Waals surface area contributed by atoms with Crippen molar-refractivity contribution in [2.45, 2.75) is 30.7 Å². The molecule has 0 radical (unpaired) electrons. The number of amides is 1. The van der Waals surface area contributed by atoms with Crippen LogP contribution in [0.3, 0.4) is 0 Å². The van der Waals surface area contributed by atoms with Crippen molar-refractivity contribution in [3.05, 3.63) is 57.8 Å². The van der Waals surface area contributed by atoms with Crippen LogP contribution in [0.5, 0.6) is 0 Å². The van der Waals surface area contributed by atoms with E-state index in [0.29, 0.717) is 47.4 Å². The molecule has 9 nitrogen and oxygen atoms in total. The van der Waals surface area contributed by atoms with Crippen LogP contribution in [0.2, 0.25) is 0 Å². The summed E-state index contributed by atoms with van der Waals surface area (Å²) in [6, 6.07) is 7.76. The number of sulfonamides is 1. The highest BCUT2D eigenvalue weighted by Crippen LogP contribution is 2.36. The van der Waals surface area contributed by atoms with E-state index in [9.17, 15) is 18.0 Å². The third-order valence-electron chi connectivity index (χ3n) is 5.97. The van der Waals surface area contributed by atoms with Crippen molar-refractivity contribution in [2.24, 2.45) is 14.1 Å². The topological polar surface area (TPSA) is 106 Å². The Labute approximate surface area is 180 Å². The molecule has 0 aliphatic carbocycles. The zero-order chi connectivity index (χ0) is 22.5. The molecule has 31 heavy (non-hydrogen) atoms. The standard InChI is InChI=1S/C21H25N5O4S/c1-13-15(20(27)22-2)8-9-16(23-13)17-6-5-11-26(17)31(29,30)14-7-10-18-19(12-14)25(4)21(28)24(18)3/h7-10,12,17H,5-6,11H2,1-4H3,(H,22,27)/t17-/m0/s1. The molecule has 4 rings (SSSR count). The molecular weight excluding hydrogens is 418 g/mol. The summed E-state index contributed by atoms with van der Waals surface area (Å²) in [7, 11) is 1.04. The van der Waals surface area contributed by atoms with Crippen LogP contribution in [0.25, 0.3) is 11.0 Å². The lowest BCUT2D eigenvalue weighted by Gasteiger charge is -2.24. The van der Waals surface area contributed by atoms with E-state index in [2.05, 4.69) is 10.3 Å². The molecule has 1 saturated heterocycles. The lowest BCUT2D eigenvalue weighted by Crippen LogP contribution is -2.31. The molecule has 0 saturated carbocycles. The number of nitrogens with one attached hydrogen (secondary N) is 1. The largest absolute Gasteiger partial charge is 0.355 e. The fourth-order valence-electron chi connectivity index (χ4n) is 4.25. The number of carbonyl (C=O) groups is 1. The Kier molecular flexibility index (Phi) is 5.22. The molecule has 1 aliphatic rings. The predicted octanol–water partition coefficient (Wildman–Crippen LogP) is 1.47. The van der Waals surface area contributed by atoms with Gasteiger partial charge in [-0.15, -0.1) is 0 Å². The van der Waals surface area contributed by atoms with Crippen molar-refractivity contribution in [1.82, 2.24) is 23.7 Å². The van der Waals surface area contributed by atoms with Gasteiger partial charge in [0.1, 0.15) is 0 Å². The maximum Gasteiger partial charge on any atom is 0.328 e. The number of hydrogen-bond acceptors (Lipinski definition) is 5. The maximum absolute atomic E-state index is 13.5. The third-order valence-corrected chi connectivity index (χ3v) is 7.88. The van der Waals surface area contributed by atoms with Crippen LogP contribution in [0.1, 0.15) is 40.6 Å². The van der Waals surface area contributed by atoms with Crippen LogP contribution in [0, 0.1) is 6.92 Å². The van der Waals surface area contributed by atoms with Gasteiger partial charge in [0.05, 0.1) is 38.9 Å². The molecule has 164 valence electrons. The van der Waals surface area contributed by atoms with Crippen molar-refractivity contribution in [3.63, 3.8) is 0 Å². The third kappa shape index (κ3) is 3.35. The average molecular weight is 444 g/mol. The lowest BCUT2D eigenvalue weighted by molar-refractivity contribution is 0.0962. The molecule has 3 heterocycles. The average Bonchev–Trinajstić information content (AvgIpc) is 3.34. The number of pyridine rings is 1. The number of hydrogen-bond donors (Lipinski definition) is 1. The van der Waals surface area contributed by atoms with Gasteiger partial charge < -0.3 is 5.32 Å². The number of rotatable bonds is 4. The SMILES string of the molecule is CNC(=O)c1ccc([C@@H]2CCCN2S(=O)(=O)c2ccc3c(c2)n(C)c(=O)n3C)nc1C. The molecule has 1 N–H and O–H groups in total. The van der Waals surface area contributed by atoms with E-state index in [1.165, 1.54) is 13.4 Å². The second kappa shape index (κ2) is 7.61. The van der Waals surface area contributed by atoms with Gasteiger partial charge in [-0.05, 0) is 50.1 Å². The Hall–Kier alpha value is -2.98. The van der Waals surface area contributed by atoms with Crippen LogP contribution < -0.4 is 11.0 Å². The summed E-state index contributed by atoms with van der Waals surface area (Å²) in [4.78, 5) is 28.8. The smallest absolute Gasteiger partial charge is 0.328 e. The number of benzene rings is 1. The molecule has 0 spiro atoms. The summed E-state index contributed by atoms with van der Waals surface area (Å²) >= 11 is 0. The zero-order valence-corrected chi connectivity index (χ0v) is 18.7. The second-order valence-corrected chi connectivity index (χ2v) is 9.66. The van der Waals surface area contributed by atoms with Gasteiger partial charge in [0, 0.05) is 27.7 Å². The van der Waals surface area contributed by atoms with E-state index in [4.69, 9.17) is 0 Å². The minimum atomic E-state index is -3.80. The summed E-state index contributed by atoms with van der Waals surface area (Å²) in [5.41, 5.74) is 2.68. The molecule has 1 aliphatic heterocycles. The minimum absolute atomic E-state index is 0.145. The lowest BCUT2D eigenvalue weighted by atomic mass is 10.1. The van der Waals surface area contributed by atoms with Gasteiger partial charge >= 0.3 is 5.69 Å². The molecule has 2 aromatic heterocycles. The summed E-state index contributed by atoms with van der Waals surface area (Å²) in [6.45, 7) is 2.13. The molecule has 3 aromatic rings. The monoisotopic (exact) mass is 443 g/mol. The first-order valence-corrected chi connectivity index (χ1v) is 11.5. The molecule has 1 amide bonds. The van der Waals surface area contributed by atoms with Crippen molar-refractivity contribution in [1.29, 1.82) is 0 Å². The Morgan fingerprint density at radius 3 is 2.52 bits per heavy atom. The summed E-state index contributed by atoms with van der Waals surface area (Å²) < 4.78 is 31.4. The normalized spacial score (nSPS) is 17.4. The number of nitrogens with zero attached hydrogens (tertiary/aromatic N) is 4. The Balaban J connectivity index is 1.74. The minimum Gasteiger partial charge on any atom is -0.355 e. The van der Waals surface area contributed by atoms with Gasteiger partial charge in [-0.1, -0.05) is 0 Å². The highest BCUT2D eigenvalue weighted by atomic mass is 32.2. The van der Waals surface area contributed by atoms with E-state index in [0.717, 1.165) is 0 Å². The Morgan fingerprint density at radius 1 is 1.13 bits per heavy atom. The van der Waals surface area contributed by atoms with E-state index in [1.54, 1.807) is 58.4 Å². The van der Waals surface area contributed by atoms with E-state index < -0.39 is 16.1 Å². The zero-order valence-electron chi connectivity index (χ0n) is 17.9. The van der Waals surface area contributed by atoms with Crippen LogP contribution >= 0.6 is 0 Å². The quantitative estimate of drug-likeness (QED) is 0.657. The molecular formula is C21H25N5O4S. The first-order valence-electron chi connectivity index (χ1n) is 10.0. The number of aryl methyl sites for hydroxylation is 3. The fraction of sp³-hybridized carbons (Fsp3) is 0.381. The molecule has 0 bridgehead atoms. The van der Waals surface area contributed by atoms with Crippen LogP contribution in [0.4, 0.5) is 0 Å². The van der Waals surface area contributed by atoms with Crippen molar-refractivity contribution in [2.75, 3.05) is 13.6 Å². The van der Waals surface area contributed by atoms with Crippen molar-refractivity contribution >= 4 is 27.0 Å². The van der Waals surface area contributed by atoms with Crippen LogP contribution in [-0.2, 0) is 24.1 Å². The number of aromatic nitrogens is 3. The van der Waals surface area contributed by atoms with Crippen molar-refractivity contribution in [3.8, 4) is 0 Å². The number of carbonyl (C=O) groups excluding carboxylic acids is 1. The number of fused-ring (bicyclic) bond motifs is 1. The van der Waals surface area contributed by atoms with E-state index in [-0.39, 0.29) is 16.5 Å². The van der Waals surface area contributed by atoms with Crippen LogP contribution in [0.15, 0.2) is 40.0 Å². The molecule has 0 unspecified atom stereocenters. The highest BCUT2D eigenvalue weighted by molar-refractivity contribution is 7.89. The van der Waals surface area contributed by atoms with Gasteiger partial charge in [-0.25, -0.2) is 13.2 Å². The Bertz CT molecular complexity index is 1360. The van der Waals surface area contributed by atoms with Gasteiger partial charge in [-0.2, -0.15) is 4.31 Å². The summed E-state index contributed by atoms with van der Waals surface area (Å²) in [5.74, 6) is -0.228. The summed E-state index contributed by atoms with van der Waals surface area (Å²) in [5, 5.41) is 2.58. The fourth-order valence-corrected chi connectivity index (χ4v) is 5.94. The molecule has 1 atom stereocenters. The van der Waals surface area contributed by atoms with Crippen molar-refractivity contribution < 1.29 is 13.2 Å². The first-order chi connectivity index (χ1) is 14.7. The van der Waals surface area contributed by atoms with Gasteiger partial charge in [0.15, 0.2) is 0 Å². The molecule has 10 heteroatoms. The van der Waals surface area contributed by atoms with Crippen LogP contribution in [-0.4, -0.2) is 46.3 Å². The van der Waals surface area contributed by atoms with Gasteiger partial charge in [-0.3, -0.25) is 18.9 Å². The van der Waals surface area contributed by atoms with Gasteiger partial charge in [0.2, 0.25) is 10.0 Å². The highest BCUT2D eigenvalue weighted by Gasteiger charge is 2.37. The van der Waals surface area contributed by atoms with Gasteiger partial charge in [0.25, 0.3) is 5.91 Å².